The topological polar surface area (TPSA) is 30.9 Å². The van der Waals surface area contributed by atoms with Gasteiger partial charge in [0, 0.05) is 42.6 Å². The highest BCUT2D eigenvalue weighted by atomic mass is 35.5. The lowest BCUT2D eigenvalue weighted by Gasteiger charge is -2.30. The van der Waals surface area contributed by atoms with Gasteiger partial charge in [-0.15, -0.1) is 12.4 Å². The first-order valence-electron chi connectivity index (χ1n) is 8.85. The van der Waals surface area contributed by atoms with E-state index in [0.29, 0.717) is 11.8 Å². The normalized spacial score (nSPS) is 21.2. The van der Waals surface area contributed by atoms with E-state index in [0.717, 1.165) is 49.1 Å². The van der Waals surface area contributed by atoms with Crippen LogP contribution >= 0.6 is 12.4 Å². The average molecular weight is 376 g/mol. The van der Waals surface area contributed by atoms with Crippen molar-refractivity contribution in [2.75, 3.05) is 33.9 Å². The molecule has 2 aliphatic heterocycles. The molecule has 0 aliphatic carbocycles. The molecule has 0 amide bonds. The lowest BCUT2D eigenvalue weighted by atomic mass is 9.86. The third-order valence-electron chi connectivity index (χ3n) is 5.50. The van der Waals surface area contributed by atoms with E-state index in [-0.39, 0.29) is 12.4 Å². The van der Waals surface area contributed by atoms with E-state index in [1.165, 1.54) is 11.1 Å². The molecule has 0 saturated carbocycles. The maximum atomic E-state index is 6.13. The standard InChI is InChI=1S/C21H25NO3.ClH/c1-14-19(23-2)9-17-18-12-22(10-15-7-5-4-6-8-15)11-16(18)13-25-21(17)20(14)24-3;/h4-9,16,18H,10-13H2,1-3H3;1H/t16-,18+;/m0./s1. The number of ether oxygens (including phenoxy) is 3. The van der Waals surface area contributed by atoms with Gasteiger partial charge in [-0.25, -0.2) is 0 Å². The number of methoxy groups -OCH3 is 2. The Morgan fingerprint density at radius 2 is 1.88 bits per heavy atom. The summed E-state index contributed by atoms with van der Waals surface area (Å²) in [6.45, 7) is 5.88. The van der Waals surface area contributed by atoms with Crippen LogP contribution in [-0.4, -0.2) is 38.8 Å². The van der Waals surface area contributed by atoms with Crippen LogP contribution in [0.4, 0.5) is 0 Å². The molecule has 0 N–H and O–H groups in total. The smallest absolute Gasteiger partial charge is 0.167 e. The fourth-order valence-electron chi connectivity index (χ4n) is 4.25. The van der Waals surface area contributed by atoms with Crippen LogP contribution in [0.15, 0.2) is 36.4 Å². The van der Waals surface area contributed by atoms with Crippen LogP contribution in [0.25, 0.3) is 0 Å². The van der Waals surface area contributed by atoms with Crippen molar-refractivity contribution in [3.8, 4) is 17.2 Å². The summed E-state index contributed by atoms with van der Waals surface area (Å²) in [5.74, 6) is 3.59. The number of halogens is 1. The van der Waals surface area contributed by atoms with E-state index in [9.17, 15) is 0 Å². The summed E-state index contributed by atoms with van der Waals surface area (Å²) in [6, 6.07) is 12.8. The highest BCUT2D eigenvalue weighted by Gasteiger charge is 2.40. The molecule has 1 fully saturated rings. The molecule has 2 heterocycles. The van der Waals surface area contributed by atoms with Crippen molar-refractivity contribution in [3.05, 3.63) is 53.1 Å². The van der Waals surface area contributed by atoms with E-state index in [1.54, 1.807) is 14.2 Å². The minimum atomic E-state index is 0. The van der Waals surface area contributed by atoms with Crippen LogP contribution in [-0.2, 0) is 6.54 Å². The van der Waals surface area contributed by atoms with Crippen LogP contribution in [0.5, 0.6) is 17.2 Å². The lowest BCUT2D eigenvalue weighted by molar-refractivity contribution is 0.202. The Morgan fingerprint density at radius 1 is 1.12 bits per heavy atom. The molecule has 1 saturated heterocycles. The minimum Gasteiger partial charge on any atom is -0.496 e. The van der Waals surface area contributed by atoms with E-state index < -0.39 is 0 Å². The second-order valence-corrected chi connectivity index (χ2v) is 7.01. The average Bonchev–Trinajstić information content (AvgIpc) is 3.04. The Kier molecular flexibility index (Phi) is 5.64. The number of fused-ring (bicyclic) bond motifs is 3. The van der Waals surface area contributed by atoms with Crippen LogP contribution in [0.2, 0.25) is 0 Å². The molecule has 0 spiro atoms. The van der Waals surface area contributed by atoms with Gasteiger partial charge in [0.2, 0.25) is 0 Å². The van der Waals surface area contributed by atoms with Crippen LogP contribution in [0.1, 0.15) is 22.6 Å². The molecule has 26 heavy (non-hydrogen) atoms. The van der Waals surface area contributed by atoms with Gasteiger partial charge in [0.25, 0.3) is 0 Å². The number of likely N-dealkylation sites (tertiary alicyclic amines) is 1. The zero-order valence-electron chi connectivity index (χ0n) is 15.5. The van der Waals surface area contributed by atoms with Crippen molar-refractivity contribution >= 4 is 12.4 Å². The molecule has 5 heteroatoms. The SMILES string of the molecule is COc1cc2c(c(OC)c1C)OC[C@@H]1CN(Cc3ccccc3)C[C@@H]21.Cl. The molecule has 0 aromatic heterocycles. The Morgan fingerprint density at radius 3 is 2.58 bits per heavy atom. The van der Waals surface area contributed by atoms with Gasteiger partial charge in [0.05, 0.1) is 20.8 Å². The number of hydrogen-bond acceptors (Lipinski definition) is 4. The summed E-state index contributed by atoms with van der Waals surface area (Å²) >= 11 is 0. The summed E-state index contributed by atoms with van der Waals surface area (Å²) in [5, 5.41) is 0. The van der Waals surface area contributed by atoms with E-state index in [2.05, 4.69) is 41.3 Å². The molecular weight excluding hydrogens is 350 g/mol. The van der Waals surface area contributed by atoms with Gasteiger partial charge >= 0.3 is 0 Å². The van der Waals surface area contributed by atoms with Crippen LogP contribution < -0.4 is 14.2 Å². The van der Waals surface area contributed by atoms with Gasteiger partial charge in [-0.2, -0.15) is 0 Å². The molecule has 2 aliphatic rings. The van der Waals surface area contributed by atoms with Gasteiger partial charge in [0.1, 0.15) is 5.75 Å². The Balaban J connectivity index is 0.00000196. The van der Waals surface area contributed by atoms with Crippen LogP contribution in [0, 0.1) is 12.8 Å². The Labute approximate surface area is 161 Å². The van der Waals surface area contributed by atoms with Crippen molar-refractivity contribution in [3.63, 3.8) is 0 Å². The Bertz CT molecular complexity index is 766. The first kappa shape index (κ1) is 18.9. The molecule has 0 unspecified atom stereocenters. The lowest BCUT2D eigenvalue weighted by Crippen LogP contribution is -2.25. The van der Waals surface area contributed by atoms with Crippen molar-refractivity contribution < 1.29 is 14.2 Å². The van der Waals surface area contributed by atoms with Crippen molar-refractivity contribution in [1.29, 1.82) is 0 Å². The molecule has 2 aromatic rings. The van der Waals surface area contributed by atoms with Crippen molar-refractivity contribution in [1.82, 2.24) is 4.90 Å². The fourth-order valence-corrected chi connectivity index (χ4v) is 4.25. The quantitative estimate of drug-likeness (QED) is 0.806. The van der Waals surface area contributed by atoms with Gasteiger partial charge in [-0.1, -0.05) is 30.3 Å². The monoisotopic (exact) mass is 375 g/mol. The largest absolute Gasteiger partial charge is 0.496 e. The Hall–Kier alpha value is -1.91. The number of nitrogens with zero attached hydrogens (tertiary/aromatic N) is 1. The summed E-state index contributed by atoms with van der Waals surface area (Å²) in [5.41, 5.74) is 3.59. The second kappa shape index (κ2) is 7.77. The summed E-state index contributed by atoms with van der Waals surface area (Å²) in [7, 11) is 3.42. The van der Waals surface area contributed by atoms with E-state index in [1.807, 2.05) is 6.92 Å². The first-order chi connectivity index (χ1) is 12.2. The molecule has 4 rings (SSSR count). The van der Waals surface area contributed by atoms with E-state index in [4.69, 9.17) is 14.2 Å². The van der Waals surface area contributed by atoms with Crippen molar-refractivity contribution in [2.24, 2.45) is 5.92 Å². The number of rotatable bonds is 4. The number of benzene rings is 2. The molecule has 4 nitrogen and oxygen atoms in total. The van der Waals surface area contributed by atoms with Crippen molar-refractivity contribution in [2.45, 2.75) is 19.4 Å². The molecule has 140 valence electrons. The van der Waals surface area contributed by atoms with Gasteiger partial charge < -0.3 is 14.2 Å². The molecular formula is C21H26ClNO3. The highest BCUT2D eigenvalue weighted by molar-refractivity contribution is 5.85. The zero-order chi connectivity index (χ0) is 17.4. The molecule has 2 aromatic carbocycles. The third-order valence-corrected chi connectivity index (χ3v) is 5.50. The molecule has 2 atom stereocenters. The molecule has 0 bridgehead atoms. The number of hydrogen-bond donors (Lipinski definition) is 0. The minimum absolute atomic E-state index is 0. The summed E-state index contributed by atoms with van der Waals surface area (Å²) in [6.07, 6.45) is 0. The predicted octanol–water partition coefficient (Wildman–Crippen LogP) is 4.04. The molecule has 0 radical (unpaired) electrons. The maximum Gasteiger partial charge on any atom is 0.167 e. The van der Waals surface area contributed by atoms with Crippen LogP contribution in [0.3, 0.4) is 0 Å². The van der Waals surface area contributed by atoms with Gasteiger partial charge in [0.15, 0.2) is 11.5 Å². The first-order valence-corrected chi connectivity index (χ1v) is 8.85. The summed E-state index contributed by atoms with van der Waals surface area (Å²) < 4.78 is 17.3. The second-order valence-electron chi connectivity index (χ2n) is 7.01. The third kappa shape index (κ3) is 3.24. The summed E-state index contributed by atoms with van der Waals surface area (Å²) in [4.78, 5) is 2.53. The fraction of sp³-hybridized carbons (Fsp3) is 0.429. The van der Waals surface area contributed by atoms with Gasteiger partial charge in [-0.05, 0) is 18.6 Å². The maximum absolute atomic E-state index is 6.13. The zero-order valence-corrected chi connectivity index (χ0v) is 16.3. The van der Waals surface area contributed by atoms with Gasteiger partial charge in [-0.3, -0.25) is 4.90 Å². The highest BCUT2D eigenvalue weighted by Crippen LogP contribution is 2.49. The predicted molar refractivity (Wildman–Crippen MR) is 105 cm³/mol. The van der Waals surface area contributed by atoms with E-state index >= 15 is 0 Å².